The van der Waals surface area contributed by atoms with Gasteiger partial charge in [-0.1, -0.05) is 0 Å². The Hall–Kier alpha value is -1.72. The number of hydrogen-bond donors (Lipinski definition) is 2. The third-order valence-electron chi connectivity index (χ3n) is 2.50. The van der Waals surface area contributed by atoms with Crippen molar-refractivity contribution in [3.63, 3.8) is 0 Å². The molecule has 0 aliphatic carbocycles. The molecular weight excluding hydrogens is 228 g/mol. The first-order valence-corrected chi connectivity index (χ1v) is 5.20. The van der Waals surface area contributed by atoms with Crippen molar-refractivity contribution in [3.8, 4) is 0 Å². The van der Waals surface area contributed by atoms with Gasteiger partial charge in [-0.3, -0.25) is 14.4 Å². The largest absolute Gasteiger partial charge is 0.481 e. The average Bonchev–Trinajstić information content (AvgIpc) is 2.14. The highest BCUT2D eigenvalue weighted by molar-refractivity contribution is 5.88. The Labute approximate surface area is 98.6 Å². The maximum Gasteiger partial charge on any atom is 0.307 e. The Bertz CT molecular complexity index is 333. The monoisotopic (exact) mass is 244 g/mol. The zero-order valence-corrected chi connectivity index (χ0v) is 9.80. The van der Waals surface area contributed by atoms with Gasteiger partial charge in [-0.2, -0.15) is 0 Å². The molecule has 0 bridgehead atoms. The number of rotatable bonds is 8. The molecule has 0 radical (unpaired) electrons. The van der Waals surface area contributed by atoms with E-state index in [1.54, 1.807) is 0 Å². The van der Waals surface area contributed by atoms with Crippen LogP contribution in [0.5, 0.6) is 0 Å². The zero-order chi connectivity index (χ0) is 13.6. The second-order valence-electron chi connectivity index (χ2n) is 4.00. The smallest absolute Gasteiger partial charge is 0.307 e. The van der Waals surface area contributed by atoms with Gasteiger partial charge in [-0.25, -0.2) is 0 Å². The standard InChI is InChI=1S/C11H16O6/c1-6(12)5-9(11(16)17)8(7(2)13)3-4-10(14)15/h8-9H,3-5H2,1-2H3,(H,14,15)(H,16,17). The van der Waals surface area contributed by atoms with Crippen LogP contribution in [-0.2, 0) is 19.2 Å². The Morgan fingerprint density at radius 2 is 1.53 bits per heavy atom. The molecule has 6 heteroatoms. The molecule has 2 atom stereocenters. The van der Waals surface area contributed by atoms with E-state index in [0.717, 1.165) is 0 Å². The van der Waals surface area contributed by atoms with Crippen molar-refractivity contribution in [3.05, 3.63) is 0 Å². The van der Waals surface area contributed by atoms with Crippen LogP contribution < -0.4 is 0 Å². The topological polar surface area (TPSA) is 109 Å². The highest BCUT2D eigenvalue weighted by Crippen LogP contribution is 2.23. The van der Waals surface area contributed by atoms with Crippen molar-refractivity contribution >= 4 is 23.5 Å². The maximum absolute atomic E-state index is 11.3. The minimum Gasteiger partial charge on any atom is -0.481 e. The van der Waals surface area contributed by atoms with Crippen molar-refractivity contribution < 1.29 is 29.4 Å². The van der Waals surface area contributed by atoms with Crippen LogP contribution in [0.4, 0.5) is 0 Å². The van der Waals surface area contributed by atoms with Crippen LogP contribution >= 0.6 is 0 Å². The average molecular weight is 244 g/mol. The van der Waals surface area contributed by atoms with E-state index in [0.29, 0.717) is 0 Å². The Morgan fingerprint density at radius 1 is 1.00 bits per heavy atom. The lowest BCUT2D eigenvalue weighted by atomic mass is 9.82. The Kier molecular flexibility index (Phi) is 6.09. The predicted molar refractivity (Wildman–Crippen MR) is 57.5 cm³/mol. The van der Waals surface area contributed by atoms with Crippen molar-refractivity contribution in [1.29, 1.82) is 0 Å². The second kappa shape index (κ2) is 6.78. The van der Waals surface area contributed by atoms with Crippen molar-refractivity contribution in [2.75, 3.05) is 0 Å². The number of hydrogen-bond acceptors (Lipinski definition) is 4. The van der Waals surface area contributed by atoms with Crippen molar-refractivity contribution in [2.45, 2.75) is 33.1 Å². The van der Waals surface area contributed by atoms with E-state index in [4.69, 9.17) is 10.2 Å². The molecule has 17 heavy (non-hydrogen) atoms. The molecule has 2 N–H and O–H groups in total. The van der Waals surface area contributed by atoms with E-state index in [1.807, 2.05) is 0 Å². The van der Waals surface area contributed by atoms with Crippen LogP contribution in [0.3, 0.4) is 0 Å². The van der Waals surface area contributed by atoms with Gasteiger partial charge in [0.15, 0.2) is 0 Å². The molecule has 0 aliphatic rings. The molecule has 96 valence electrons. The summed E-state index contributed by atoms with van der Waals surface area (Å²) in [6, 6.07) is 0. The lowest BCUT2D eigenvalue weighted by Crippen LogP contribution is -2.30. The van der Waals surface area contributed by atoms with E-state index in [-0.39, 0.29) is 25.0 Å². The summed E-state index contributed by atoms with van der Waals surface area (Å²) < 4.78 is 0. The summed E-state index contributed by atoms with van der Waals surface area (Å²) in [6.07, 6.45) is -0.597. The summed E-state index contributed by atoms with van der Waals surface area (Å²) in [5.74, 6) is -5.13. The van der Waals surface area contributed by atoms with Gasteiger partial charge < -0.3 is 15.0 Å². The molecule has 0 amide bonds. The van der Waals surface area contributed by atoms with E-state index >= 15 is 0 Å². The molecule has 2 unspecified atom stereocenters. The summed E-state index contributed by atoms with van der Waals surface area (Å²) in [6.45, 7) is 2.45. The first-order chi connectivity index (χ1) is 7.75. The maximum atomic E-state index is 11.3. The second-order valence-corrected chi connectivity index (χ2v) is 4.00. The van der Waals surface area contributed by atoms with Gasteiger partial charge in [0.2, 0.25) is 0 Å². The lowest BCUT2D eigenvalue weighted by Gasteiger charge is -2.19. The van der Waals surface area contributed by atoms with Gasteiger partial charge in [-0.15, -0.1) is 0 Å². The quantitative estimate of drug-likeness (QED) is 0.651. The number of carboxylic acids is 2. The van der Waals surface area contributed by atoms with Crippen molar-refractivity contribution in [2.24, 2.45) is 11.8 Å². The summed E-state index contributed by atoms with van der Waals surface area (Å²) in [4.78, 5) is 43.6. The molecule has 0 rings (SSSR count). The summed E-state index contributed by atoms with van der Waals surface area (Å²) >= 11 is 0. The molecule has 6 nitrogen and oxygen atoms in total. The van der Waals surface area contributed by atoms with Crippen LogP contribution in [0, 0.1) is 11.8 Å². The summed E-state index contributed by atoms with van der Waals surface area (Å²) in [5.41, 5.74) is 0. The molecular formula is C11H16O6. The normalized spacial score (nSPS) is 13.8. The molecule has 0 saturated heterocycles. The van der Waals surface area contributed by atoms with E-state index in [1.165, 1.54) is 13.8 Å². The molecule has 0 aromatic carbocycles. The van der Waals surface area contributed by atoms with Crippen LogP contribution in [0.15, 0.2) is 0 Å². The van der Waals surface area contributed by atoms with Gasteiger partial charge in [0.1, 0.15) is 11.6 Å². The summed E-state index contributed by atoms with van der Waals surface area (Å²) in [5, 5.41) is 17.5. The number of Topliss-reactive ketones (excluding diaryl/α,β-unsaturated/α-hetero) is 2. The first-order valence-electron chi connectivity index (χ1n) is 5.20. The van der Waals surface area contributed by atoms with E-state index in [9.17, 15) is 19.2 Å². The van der Waals surface area contributed by atoms with E-state index < -0.39 is 29.6 Å². The van der Waals surface area contributed by atoms with Crippen LogP contribution in [0.1, 0.15) is 33.1 Å². The van der Waals surface area contributed by atoms with Crippen molar-refractivity contribution in [1.82, 2.24) is 0 Å². The molecule has 0 aromatic rings. The Balaban J connectivity index is 4.83. The number of ketones is 2. The molecule has 0 heterocycles. The first kappa shape index (κ1) is 15.3. The molecule has 0 aromatic heterocycles. The van der Waals surface area contributed by atoms with Gasteiger partial charge in [0.05, 0.1) is 5.92 Å². The third kappa shape index (κ3) is 5.79. The lowest BCUT2D eigenvalue weighted by molar-refractivity contribution is -0.149. The number of aliphatic carboxylic acids is 2. The minimum absolute atomic E-state index is 0.0606. The molecule has 0 fully saturated rings. The van der Waals surface area contributed by atoms with Crippen LogP contribution in [-0.4, -0.2) is 33.7 Å². The predicted octanol–water partition coefficient (Wildman–Crippen LogP) is 0.736. The fourth-order valence-corrected chi connectivity index (χ4v) is 1.68. The van der Waals surface area contributed by atoms with Crippen LogP contribution in [0.25, 0.3) is 0 Å². The van der Waals surface area contributed by atoms with E-state index in [2.05, 4.69) is 0 Å². The number of carbonyl (C=O) groups is 4. The van der Waals surface area contributed by atoms with Gasteiger partial charge in [0.25, 0.3) is 0 Å². The van der Waals surface area contributed by atoms with Gasteiger partial charge >= 0.3 is 11.9 Å². The minimum atomic E-state index is -1.24. The SMILES string of the molecule is CC(=O)CC(C(=O)O)C(CCC(=O)O)C(C)=O. The zero-order valence-electron chi connectivity index (χ0n) is 9.80. The number of carboxylic acid groups (broad SMARTS) is 2. The van der Waals surface area contributed by atoms with Crippen LogP contribution in [0.2, 0.25) is 0 Å². The molecule has 0 spiro atoms. The number of carbonyl (C=O) groups excluding carboxylic acids is 2. The third-order valence-corrected chi connectivity index (χ3v) is 2.50. The fourth-order valence-electron chi connectivity index (χ4n) is 1.68. The molecule has 0 saturated carbocycles. The fraction of sp³-hybridized carbons (Fsp3) is 0.636. The summed E-state index contributed by atoms with van der Waals surface area (Å²) in [7, 11) is 0. The highest BCUT2D eigenvalue weighted by atomic mass is 16.4. The van der Waals surface area contributed by atoms with Gasteiger partial charge in [0, 0.05) is 18.8 Å². The Morgan fingerprint density at radius 3 is 1.82 bits per heavy atom. The molecule has 0 aliphatic heterocycles. The van der Waals surface area contributed by atoms with Gasteiger partial charge in [-0.05, 0) is 20.3 Å². The highest BCUT2D eigenvalue weighted by Gasteiger charge is 2.32.